The van der Waals surface area contributed by atoms with E-state index in [0.29, 0.717) is 5.56 Å². The van der Waals surface area contributed by atoms with Gasteiger partial charge in [-0.25, -0.2) is 0 Å². The molecule has 76 valence electrons. The maximum absolute atomic E-state index is 11.7. The van der Waals surface area contributed by atoms with Crippen molar-refractivity contribution in [1.82, 2.24) is 0 Å². The summed E-state index contributed by atoms with van der Waals surface area (Å²) >= 11 is 0. The summed E-state index contributed by atoms with van der Waals surface area (Å²) < 4.78 is 0. The number of carbonyl (C=O) groups excluding carboxylic acids is 1. The molecule has 0 saturated heterocycles. The summed E-state index contributed by atoms with van der Waals surface area (Å²) in [5, 5.41) is 18.0. The lowest BCUT2D eigenvalue weighted by Crippen LogP contribution is -2.28. The van der Waals surface area contributed by atoms with Gasteiger partial charge in [-0.15, -0.1) is 0 Å². The highest BCUT2D eigenvalue weighted by Gasteiger charge is 2.21. The fraction of sp³-hybridized carbons (Fsp3) is 0.364. The van der Waals surface area contributed by atoms with Gasteiger partial charge in [0.25, 0.3) is 0 Å². The standard InChI is InChI=1S/C11H14O3/c1-8(10(13)7-12)11(14)9-5-3-2-4-6-9/h2-6,8,10,12-13H,7H2,1H3. The molecule has 0 aliphatic carbocycles. The van der Waals surface area contributed by atoms with E-state index < -0.39 is 12.0 Å². The molecular weight excluding hydrogens is 180 g/mol. The van der Waals surface area contributed by atoms with Crippen molar-refractivity contribution in [3.05, 3.63) is 35.9 Å². The highest BCUT2D eigenvalue weighted by Crippen LogP contribution is 2.11. The topological polar surface area (TPSA) is 57.5 Å². The van der Waals surface area contributed by atoms with Crippen molar-refractivity contribution in [3.8, 4) is 0 Å². The molecule has 1 aromatic rings. The highest BCUT2D eigenvalue weighted by molar-refractivity contribution is 5.97. The number of aliphatic hydroxyl groups is 2. The average molecular weight is 194 g/mol. The lowest BCUT2D eigenvalue weighted by atomic mass is 9.95. The van der Waals surface area contributed by atoms with E-state index in [9.17, 15) is 9.90 Å². The number of aliphatic hydroxyl groups excluding tert-OH is 2. The molecule has 0 amide bonds. The first-order chi connectivity index (χ1) is 6.66. The lowest BCUT2D eigenvalue weighted by molar-refractivity contribution is 0.0454. The average Bonchev–Trinajstić information content (AvgIpc) is 2.27. The molecule has 1 rings (SSSR count). The molecular formula is C11H14O3. The maximum atomic E-state index is 11.7. The van der Waals surface area contributed by atoms with E-state index in [-0.39, 0.29) is 12.4 Å². The molecule has 3 nitrogen and oxygen atoms in total. The van der Waals surface area contributed by atoms with Gasteiger partial charge in [-0.05, 0) is 0 Å². The van der Waals surface area contributed by atoms with Crippen molar-refractivity contribution in [3.63, 3.8) is 0 Å². The Morgan fingerprint density at radius 3 is 2.43 bits per heavy atom. The summed E-state index contributed by atoms with van der Waals surface area (Å²) in [6.45, 7) is 1.22. The molecule has 2 unspecified atom stereocenters. The van der Waals surface area contributed by atoms with Crippen LogP contribution in [-0.2, 0) is 0 Å². The second-order valence-corrected chi connectivity index (χ2v) is 3.27. The largest absolute Gasteiger partial charge is 0.394 e. The predicted octanol–water partition coefficient (Wildman–Crippen LogP) is 0.859. The Morgan fingerprint density at radius 1 is 1.36 bits per heavy atom. The van der Waals surface area contributed by atoms with Crippen LogP contribution in [-0.4, -0.2) is 28.7 Å². The molecule has 0 fully saturated rings. The smallest absolute Gasteiger partial charge is 0.168 e. The van der Waals surface area contributed by atoms with Crippen LogP contribution in [0.15, 0.2) is 30.3 Å². The van der Waals surface area contributed by atoms with E-state index in [0.717, 1.165) is 0 Å². The normalized spacial score (nSPS) is 14.8. The number of benzene rings is 1. The number of rotatable bonds is 4. The zero-order chi connectivity index (χ0) is 10.6. The van der Waals surface area contributed by atoms with Crippen molar-refractivity contribution in [2.24, 2.45) is 5.92 Å². The molecule has 0 aliphatic rings. The van der Waals surface area contributed by atoms with Gasteiger partial charge in [0.15, 0.2) is 5.78 Å². The van der Waals surface area contributed by atoms with Gasteiger partial charge in [-0.1, -0.05) is 37.3 Å². The molecule has 0 spiro atoms. The monoisotopic (exact) mass is 194 g/mol. The van der Waals surface area contributed by atoms with Gasteiger partial charge in [-0.2, -0.15) is 0 Å². The van der Waals surface area contributed by atoms with Crippen LogP contribution < -0.4 is 0 Å². The van der Waals surface area contributed by atoms with Gasteiger partial charge >= 0.3 is 0 Å². The molecule has 0 heterocycles. The minimum Gasteiger partial charge on any atom is -0.394 e. The summed E-state index contributed by atoms with van der Waals surface area (Å²) in [6, 6.07) is 8.76. The first-order valence-corrected chi connectivity index (χ1v) is 4.55. The fourth-order valence-electron chi connectivity index (χ4n) is 1.20. The summed E-state index contributed by atoms with van der Waals surface area (Å²) in [5.41, 5.74) is 0.563. The van der Waals surface area contributed by atoms with Crippen LogP contribution in [0.2, 0.25) is 0 Å². The Balaban J connectivity index is 2.76. The molecule has 14 heavy (non-hydrogen) atoms. The molecule has 0 aliphatic heterocycles. The van der Waals surface area contributed by atoms with Crippen molar-refractivity contribution < 1.29 is 15.0 Å². The van der Waals surface area contributed by atoms with Gasteiger partial charge in [0.05, 0.1) is 12.7 Å². The second kappa shape index (κ2) is 4.88. The van der Waals surface area contributed by atoms with Crippen LogP contribution in [0.3, 0.4) is 0 Å². The first kappa shape index (κ1) is 10.9. The summed E-state index contributed by atoms with van der Waals surface area (Å²) in [6.07, 6.45) is -0.984. The minimum atomic E-state index is -0.984. The van der Waals surface area contributed by atoms with Crippen LogP contribution in [0.5, 0.6) is 0 Å². The van der Waals surface area contributed by atoms with E-state index in [1.807, 2.05) is 6.07 Å². The lowest BCUT2D eigenvalue weighted by Gasteiger charge is -2.14. The third kappa shape index (κ3) is 2.40. The van der Waals surface area contributed by atoms with E-state index in [1.165, 1.54) is 0 Å². The van der Waals surface area contributed by atoms with Gasteiger partial charge < -0.3 is 10.2 Å². The van der Waals surface area contributed by atoms with Crippen molar-refractivity contribution in [2.75, 3.05) is 6.61 Å². The van der Waals surface area contributed by atoms with Crippen LogP contribution in [0.1, 0.15) is 17.3 Å². The third-order valence-electron chi connectivity index (χ3n) is 2.24. The summed E-state index contributed by atoms with van der Waals surface area (Å²) in [7, 11) is 0. The van der Waals surface area contributed by atoms with E-state index in [1.54, 1.807) is 31.2 Å². The van der Waals surface area contributed by atoms with Crippen LogP contribution in [0.25, 0.3) is 0 Å². The Hall–Kier alpha value is -1.19. The van der Waals surface area contributed by atoms with Crippen molar-refractivity contribution >= 4 is 5.78 Å². The van der Waals surface area contributed by atoms with Crippen LogP contribution in [0.4, 0.5) is 0 Å². The maximum Gasteiger partial charge on any atom is 0.168 e. The Bertz CT molecular complexity index is 295. The van der Waals surface area contributed by atoms with E-state index in [2.05, 4.69) is 0 Å². The molecule has 0 bridgehead atoms. The second-order valence-electron chi connectivity index (χ2n) is 3.27. The zero-order valence-corrected chi connectivity index (χ0v) is 8.05. The molecule has 2 N–H and O–H groups in total. The van der Waals surface area contributed by atoms with Gasteiger partial charge in [-0.3, -0.25) is 4.79 Å². The van der Waals surface area contributed by atoms with Crippen LogP contribution in [0, 0.1) is 5.92 Å². The van der Waals surface area contributed by atoms with E-state index >= 15 is 0 Å². The van der Waals surface area contributed by atoms with Crippen LogP contribution >= 0.6 is 0 Å². The van der Waals surface area contributed by atoms with Crippen molar-refractivity contribution in [2.45, 2.75) is 13.0 Å². The molecule has 0 saturated carbocycles. The first-order valence-electron chi connectivity index (χ1n) is 4.55. The number of hydrogen-bond donors (Lipinski definition) is 2. The van der Waals surface area contributed by atoms with Gasteiger partial charge in [0.1, 0.15) is 0 Å². The molecule has 0 radical (unpaired) electrons. The van der Waals surface area contributed by atoms with Gasteiger partial charge in [0.2, 0.25) is 0 Å². The predicted molar refractivity (Wildman–Crippen MR) is 53.0 cm³/mol. The molecule has 3 heteroatoms. The van der Waals surface area contributed by atoms with Gasteiger partial charge in [0, 0.05) is 11.5 Å². The highest BCUT2D eigenvalue weighted by atomic mass is 16.3. The SMILES string of the molecule is CC(C(=O)c1ccccc1)C(O)CO. The summed E-state index contributed by atoms with van der Waals surface area (Å²) in [4.78, 5) is 11.7. The molecule has 1 aromatic carbocycles. The Morgan fingerprint density at radius 2 is 1.93 bits per heavy atom. The summed E-state index contributed by atoms with van der Waals surface area (Å²) in [5.74, 6) is -0.713. The Labute approximate surface area is 83.0 Å². The van der Waals surface area contributed by atoms with Crippen molar-refractivity contribution in [1.29, 1.82) is 0 Å². The molecule has 0 aromatic heterocycles. The number of carbonyl (C=O) groups is 1. The Kier molecular flexibility index (Phi) is 3.80. The third-order valence-corrected chi connectivity index (χ3v) is 2.24. The number of ketones is 1. The fourth-order valence-corrected chi connectivity index (χ4v) is 1.20. The zero-order valence-electron chi connectivity index (χ0n) is 8.05. The number of hydrogen-bond acceptors (Lipinski definition) is 3. The quantitative estimate of drug-likeness (QED) is 0.699. The van der Waals surface area contributed by atoms with E-state index in [4.69, 9.17) is 5.11 Å². The minimum absolute atomic E-state index is 0.146. The molecule has 2 atom stereocenters. The number of Topliss-reactive ketones (excluding diaryl/α,β-unsaturated/α-hetero) is 1.